The molecule has 0 bridgehead atoms. The summed E-state index contributed by atoms with van der Waals surface area (Å²) >= 11 is 0. The molecule has 2 saturated carbocycles. The molecule has 1 aromatic carbocycles. The quantitative estimate of drug-likeness (QED) is 0.675. The molecule has 0 heterocycles. The molecule has 0 atom stereocenters. The van der Waals surface area contributed by atoms with Gasteiger partial charge in [-0.05, 0) is 37.2 Å². The van der Waals surface area contributed by atoms with E-state index in [1.165, 1.54) is 37.7 Å². The standard InChI is InChI=1S/C17H21NO2/c19-16(17(20)18-15-10-11-15)14-8-6-13(7-9-14)12-4-2-1-3-5-12/h6-9,12,15H,1-5,10-11H2,(H,18,20). The van der Waals surface area contributed by atoms with Gasteiger partial charge in [0.2, 0.25) is 5.78 Å². The van der Waals surface area contributed by atoms with E-state index in [0.717, 1.165) is 12.8 Å². The van der Waals surface area contributed by atoms with E-state index in [4.69, 9.17) is 0 Å². The van der Waals surface area contributed by atoms with Crippen LogP contribution in [0, 0.1) is 0 Å². The summed E-state index contributed by atoms with van der Waals surface area (Å²) in [7, 11) is 0. The second-order valence-electron chi connectivity index (χ2n) is 6.03. The lowest BCUT2D eigenvalue weighted by Gasteiger charge is -2.21. The van der Waals surface area contributed by atoms with Gasteiger partial charge in [0.15, 0.2) is 0 Å². The highest BCUT2D eigenvalue weighted by atomic mass is 16.2. The van der Waals surface area contributed by atoms with E-state index in [9.17, 15) is 9.59 Å². The van der Waals surface area contributed by atoms with Crippen LogP contribution in [0.3, 0.4) is 0 Å². The molecule has 20 heavy (non-hydrogen) atoms. The molecule has 0 spiro atoms. The Kier molecular flexibility index (Phi) is 3.86. The van der Waals surface area contributed by atoms with Crippen LogP contribution in [0.5, 0.6) is 0 Å². The first kappa shape index (κ1) is 13.3. The summed E-state index contributed by atoms with van der Waals surface area (Å²) in [4.78, 5) is 23.7. The molecule has 0 saturated heterocycles. The molecule has 0 unspecified atom stereocenters. The lowest BCUT2D eigenvalue weighted by Crippen LogP contribution is -2.32. The van der Waals surface area contributed by atoms with Gasteiger partial charge < -0.3 is 5.32 Å². The summed E-state index contributed by atoms with van der Waals surface area (Å²) in [6, 6.07) is 7.88. The van der Waals surface area contributed by atoms with Crippen molar-refractivity contribution in [3.8, 4) is 0 Å². The van der Waals surface area contributed by atoms with Crippen molar-refractivity contribution < 1.29 is 9.59 Å². The van der Waals surface area contributed by atoms with E-state index in [1.54, 1.807) is 12.1 Å². The van der Waals surface area contributed by atoms with Crippen LogP contribution in [0.4, 0.5) is 0 Å². The summed E-state index contributed by atoms with van der Waals surface area (Å²) in [5.74, 6) is -0.238. The molecule has 0 radical (unpaired) electrons. The minimum absolute atomic E-state index is 0.230. The number of carbonyl (C=O) groups is 2. The molecular weight excluding hydrogens is 250 g/mol. The predicted octanol–water partition coefficient (Wildman–Crippen LogP) is 3.20. The normalized spacial score (nSPS) is 19.6. The Bertz CT molecular complexity index is 496. The number of ketones is 1. The maximum atomic E-state index is 12.0. The third kappa shape index (κ3) is 3.09. The average molecular weight is 271 g/mol. The largest absolute Gasteiger partial charge is 0.346 e. The number of Topliss-reactive ketones (excluding diaryl/α,β-unsaturated/α-hetero) is 1. The first-order valence-electron chi connectivity index (χ1n) is 7.69. The van der Waals surface area contributed by atoms with Gasteiger partial charge in [-0.3, -0.25) is 9.59 Å². The fourth-order valence-corrected chi connectivity index (χ4v) is 2.95. The summed E-state index contributed by atoms with van der Waals surface area (Å²) in [5, 5.41) is 2.74. The van der Waals surface area contributed by atoms with Gasteiger partial charge in [-0.15, -0.1) is 0 Å². The molecule has 0 aliphatic heterocycles. The van der Waals surface area contributed by atoms with Gasteiger partial charge >= 0.3 is 0 Å². The molecule has 2 aliphatic rings. The van der Waals surface area contributed by atoms with Crippen molar-refractivity contribution in [3.63, 3.8) is 0 Å². The zero-order valence-corrected chi connectivity index (χ0v) is 11.7. The smallest absolute Gasteiger partial charge is 0.292 e. The Morgan fingerprint density at radius 2 is 1.55 bits per heavy atom. The van der Waals surface area contributed by atoms with Crippen LogP contribution in [0.2, 0.25) is 0 Å². The lowest BCUT2D eigenvalue weighted by atomic mass is 9.84. The molecule has 3 rings (SSSR count). The predicted molar refractivity (Wildman–Crippen MR) is 77.8 cm³/mol. The Morgan fingerprint density at radius 1 is 0.900 bits per heavy atom. The number of hydrogen-bond acceptors (Lipinski definition) is 2. The number of carbonyl (C=O) groups excluding carboxylic acids is 2. The lowest BCUT2D eigenvalue weighted by molar-refractivity contribution is -0.117. The number of nitrogens with one attached hydrogen (secondary N) is 1. The van der Waals surface area contributed by atoms with Crippen LogP contribution < -0.4 is 5.32 Å². The Balaban J connectivity index is 1.65. The molecule has 2 fully saturated rings. The summed E-state index contributed by atoms with van der Waals surface area (Å²) in [5.41, 5.74) is 1.81. The summed E-state index contributed by atoms with van der Waals surface area (Å²) in [6.07, 6.45) is 8.43. The third-order valence-corrected chi connectivity index (χ3v) is 4.37. The maximum absolute atomic E-state index is 12.0. The zero-order valence-electron chi connectivity index (χ0n) is 11.7. The van der Waals surface area contributed by atoms with Gasteiger partial charge in [-0.1, -0.05) is 43.5 Å². The van der Waals surface area contributed by atoms with Crippen LogP contribution >= 0.6 is 0 Å². The topological polar surface area (TPSA) is 46.2 Å². The van der Waals surface area contributed by atoms with Gasteiger partial charge in [0.1, 0.15) is 0 Å². The number of amides is 1. The van der Waals surface area contributed by atoms with Crippen molar-refractivity contribution in [2.24, 2.45) is 0 Å². The second kappa shape index (κ2) is 5.78. The van der Waals surface area contributed by atoms with Crippen molar-refractivity contribution in [2.75, 3.05) is 0 Å². The Morgan fingerprint density at radius 3 is 2.15 bits per heavy atom. The molecular formula is C17H21NO2. The minimum Gasteiger partial charge on any atom is -0.346 e. The highest BCUT2D eigenvalue weighted by molar-refractivity contribution is 6.42. The minimum atomic E-state index is -0.460. The second-order valence-corrected chi connectivity index (χ2v) is 6.03. The van der Waals surface area contributed by atoms with Crippen LogP contribution in [0.15, 0.2) is 24.3 Å². The van der Waals surface area contributed by atoms with Gasteiger partial charge in [-0.2, -0.15) is 0 Å². The third-order valence-electron chi connectivity index (χ3n) is 4.37. The van der Waals surface area contributed by atoms with Crippen LogP contribution in [-0.2, 0) is 4.79 Å². The number of rotatable bonds is 4. The number of benzene rings is 1. The van der Waals surface area contributed by atoms with Crippen molar-refractivity contribution in [3.05, 3.63) is 35.4 Å². The SMILES string of the molecule is O=C(NC1CC1)C(=O)c1ccc(C2CCCCC2)cc1. The molecule has 2 aliphatic carbocycles. The molecule has 1 N–H and O–H groups in total. The van der Waals surface area contributed by atoms with Gasteiger partial charge in [0.05, 0.1) is 0 Å². The fourth-order valence-electron chi connectivity index (χ4n) is 2.95. The molecule has 1 aromatic rings. The fraction of sp³-hybridized carbons (Fsp3) is 0.529. The van der Waals surface area contributed by atoms with Crippen LogP contribution in [0.1, 0.15) is 66.8 Å². The summed E-state index contributed by atoms with van der Waals surface area (Å²) < 4.78 is 0. The van der Waals surface area contributed by atoms with E-state index in [0.29, 0.717) is 11.5 Å². The highest BCUT2D eigenvalue weighted by Gasteiger charge is 2.27. The van der Waals surface area contributed by atoms with E-state index in [2.05, 4.69) is 5.32 Å². The van der Waals surface area contributed by atoms with Crippen molar-refractivity contribution in [2.45, 2.75) is 56.9 Å². The van der Waals surface area contributed by atoms with E-state index in [1.807, 2.05) is 12.1 Å². The van der Waals surface area contributed by atoms with Crippen molar-refractivity contribution in [1.29, 1.82) is 0 Å². The molecule has 0 aromatic heterocycles. The monoisotopic (exact) mass is 271 g/mol. The number of hydrogen-bond donors (Lipinski definition) is 1. The van der Waals surface area contributed by atoms with Gasteiger partial charge in [0.25, 0.3) is 5.91 Å². The Labute approximate surface area is 119 Å². The van der Waals surface area contributed by atoms with Gasteiger partial charge in [0, 0.05) is 11.6 Å². The maximum Gasteiger partial charge on any atom is 0.292 e. The van der Waals surface area contributed by atoms with Crippen molar-refractivity contribution >= 4 is 11.7 Å². The molecule has 3 heteroatoms. The van der Waals surface area contributed by atoms with Crippen LogP contribution in [0.25, 0.3) is 0 Å². The summed E-state index contributed by atoms with van der Waals surface area (Å²) in [6.45, 7) is 0. The highest BCUT2D eigenvalue weighted by Crippen LogP contribution is 2.32. The van der Waals surface area contributed by atoms with Crippen molar-refractivity contribution in [1.82, 2.24) is 5.32 Å². The first-order valence-corrected chi connectivity index (χ1v) is 7.69. The van der Waals surface area contributed by atoms with Gasteiger partial charge in [-0.25, -0.2) is 0 Å². The Hall–Kier alpha value is -1.64. The van der Waals surface area contributed by atoms with E-state index >= 15 is 0 Å². The first-order chi connectivity index (χ1) is 9.74. The van der Waals surface area contributed by atoms with Crippen LogP contribution in [-0.4, -0.2) is 17.7 Å². The average Bonchev–Trinajstić information content (AvgIpc) is 3.31. The van der Waals surface area contributed by atoms with E-state index in [-0.39, 0.29) is 6.04 Å². The zero-order chi connectivity index (χ0) is 13.9. The van der Waals surface area contributed by atoms with E-state index < -0.39 is 11.7 Å². The molecule has 1 amide bonds. The molecule has 3 nitrogen and oxygen atoms in total. The molecule has 106 valence electrons.